The predicted octanol–water partition coefficient (Wildman–Crippen LogP) is 5.85. The van der Waals surface area contributed by atoms with Crippen LogP contribution in [0.4, 0.5) is 0 Å². The first-order valence-corrected chi connectivity index (χ1v) is 13.7. The van der Waals surface area contributed by atoms with Crippen LogP contribution in [0, 0.1) is 23.7 Å². The van der Waals surface area contributed by atoms with E-state index in [1.807, 2.05) is 12.1 Å². The molecule has 5 fully saturated rings. The molecule has 1 aromatic rings. The summed E-state index contributed by atoms with van der Waals surface area (Å²) in [5, 5.41) is 11.1. The standard InChI is InChI=1S/C30H43NO4/c1-29(2,3)22-14-19(15-23(26(22)33)30(4,5)6)16-31-24(7-8-25(31)32)28(34)35-27-20-10-17-9-18(12-20)13-21(27)11-17/h14-15,17-18,20-21,24,27,33H,7-13,16H2,1-6H3. The maximum absolute atomic E-state index is 13.4. The largest absolute Gasteiger partial charge is 0.507 e. The molecule has 1 atom stereocenters. The van der Waals surface area contributed by atoms with E-state index >= 15 is 0 Å². The summed E-state index contributed by atoms with van der Waals surface area (Å²) in [6.45, 7) is 12.9. The summed E-state index contributed by atoms with van der Waals surface area (Å²) in [5.74, 6) is 2.84. The molecule has 4 saturated carbocycles. The Kier molecular flexibility index (Phi) is 6.00. The number of carbonyl (C=O) groups excluding carboxylic acids is 2. The molecule has 1 unspecified atom stereocenters. The summed E-state index contributed by atoms with van der Waals surface area (Å²) >= 11 is 0. The van der Waals surface area contributed by atoms with Crippen LogP contribution in [0.1, 0.15) is 103 Å². The van der Waals surface area contributed by atoms with Crippen LogP contribution in [0.2, 0.25) is 0 Å². The average molecular weight is 482 g/mol. The summed E-state index contributed by atoms with van der Waals surface area (Å²) in [5.41, 5.74) is 2.22. The van der Waals surface area contributed by atoms with Crippen LogP contribution in [0.3, 0.4) is 0 Å². The topological polar surface area (TPSA) is 66.8 Å². The van der Waals surface area contributed by atoms with Gasteiger partial charge in [0, 0.05) is 13.0 Å². The number of rotatable bonds is 4. The Bertz CT molecular complexity index is 951. The van der Waals surface area contributed by atoms with Gasteiger partial charge in [0.2, 0.25) is 5.91 Å². The number of benzene rings is 1. The first kappa shape index (κ1) is 24.6. The summed E-state index contributed by atoms with van der Waals surface area (Å²) in [4.78, 5) is 28.1. The van der Waals surface area contributed by atoms with Crippen molar-refractivity contribution in [3.05, 3.63) is 28.8 Å². The lowest BCUT2D eigenvalue weighted by Crippen LogP contribution is -2.51. The highest BCUT2D eigenvalue weighted by Crippen LogP contribution is 2.54. The molecule has 1 N–H and O–H groups in total. The molecule has 0 radical (unpaired) electrons. The number of esters is 1. The molecule has 1 saturated heterocycles. The number of carbonyl (C=O) groups is 2. The van der Waals surface area contributed by atoms with E-state index < -0.39 is 6.04 Å². The van der Waals surface area contributed by atoms with Crippen LogP contribution in [0.25, 0.3) is 0 Å². The number of aromatic hydroxyl groups is 1. The van der Waals surface area contributed by atoms with Gasteiger partial charge in [0.1, 0.15) is 17.9 Å². The summed E-state index contributed by atoms with van der Waals surface area (Å²) in [7, 11) is 0. The molecule has 5 nitrogen and oxygen atoms in total. The molecule has 1 aliphatic heterocycles. The van der Waals surface area contributed by atoms with E-state index in [4.69, 9.17) is 4.74 Å². The van der Waals surface area contributed by atoms with Gasteiger partial charge in [-0.15, -0.1) is 0 Å². The SMILES string of the molecule is CC(C)(C)c1cc(CN2C(=O)CCC2C(=O)OC2C3CC4CC(C3)CC2C4)cc(C(C)(C)C)c1O. The molecule has 5 aliphatic rings. The monoisotopic (exact) mass is 481 g/mol. The van der Waals surface area contributed by atoms with Gasteiger partial charge in [0.25, 0.3) is 0 Å². The third-order valence-electron chi connectivity index (χ3n) is 9.13. The van der Waals surface area contributed by atoms with Crippen molar-refractivity contribution in [2.24, 2.45) is 23.7 Å². The Hall–Kier alpha value is -2.04. The van der Waals surface area contributed by atoms with Crippen molar-refractivity contribution in [3.63, 3.8) is 0 Å². The lowest BCUT2D eigenvalue weighted by Gasteiger charge is -2.53. The van der Waals surface area contributed by atoms with E-state index in [2.05, 4.69) is 41.5 Å². The van der Waals surface area contributed by atoms with Gasteiger partial charge in [-0.1, -0.05) is 41.5 Å². The summed E-state index contributed by atoms with van der Waals surface area (Å²) < 4.78 is 6.23. The lowest BCUT2D eigenvalue weighted by molar-refractivity contribution is -0.176. The first-order valence-electron chi connectivity index (χ1n) is 13.7. The van der Waals surface area contributed by atoms with Crippen LogP contribution in [0.15, 0.2) is 12.1 Å². The van der Waals surface area contributed by atoms with Crippen molar-refractivity contribution in [3.8, 4) is 5.75 Å². The minimum atomic E-state index is -0.510. The first-order chi connectivity index (χ1) is 16.3. The van der Waals surface area contributed by atoms with E-state index in [-0.39, 0.29) is 28.8 Å². The number of amides is 1. The second-order valence-electron chi connectivity index (χ2n) is 13.9. The van der Waals surface area contributed by atoms with Gasteiger partial charge < -0.3 is 14.7 Å². The van der Waals surface area contributed by atoms with Crippen LogP contribution >= 0.6 is 0 Å². The molecule has 4 aliphatic carbocycles. The van der Waals surface area contributed by atoms with E-state index in [9.17, 15) is 14.7 Å². The van der Waals surface area contributed by atoms with Gasteiger partial charge in [0.15, 0.2) is 0 Å². The molecule has 4 bridgehead atoms. The Balaban J connectivity index is 1.37. The number of likely N-dealkylation sites (tertiary alicyclic amines) is 1. The van der Waals surface area contributed by atoms with Gasteiger partial charge in [-0.25, -0.2) is 4.79 Å². The molecule has 35 heavy (non-hydrogen) atoms. The highest BCUT2D eigenvalue weighted by molar-refractivity contribution is 5.88. The highest BCUT2D eigenvalue weighted by atomic mass is 16.5. The van der Waals surface area contributed by atoms with Crippen molar-refractivity contribution >= 4 is 11.9 Å². The number of ether oxygens (including phenoxy) is 1. The molecule has 5 heteroatoms. The van der Waals surface area contributed by atoms with Crippen molar-refractivity contribution < 1.29 is 19.4 Å². The van der Waals surface area contributed by atoms with Crippen LogP contribution in [0.5, 0.6) is 5.75 Å². The Morgan fingerprint density at radius 2 is 1.46 bits per heavy atom. The van der Waals surface area contributed by atoms with Crippen LogP contribution in [-0.2, 0) is 31.7 Å². The third kappa shape index (κ3) is 4.60. The predicted molar refractivity (Wildman–Crippen MR) is 136 cm³/mol. The van der Waals surface area contributed by atoms with E-state index in [1.54, 1.807) is 4.90 Å². The molecule has 192 valence electrons. The number of hydrogen-bond donors (Lipinski definition) is 1. The van der Waals surface area contributed by atoms with Gasteiger partial charge in [-0.2, -0.15) is 0 Å². The summed E-state index contributed by atoms with van der Waals surface area (Å²) in [6.07, 6.45) is 7.15. The zero-order valence-corrected chi connectivity index (χ0v) is 22.4. The number of phenols is 1. The zero-order chi connectivity index (χ0) is 25.3. The van der Waals surface area contributed by atoms with Gasteiger partial charge in [-0.3, -0.25) is 4.79 Å². The second-order valence-corrected chi connectivity index (χ2v) is 13.9. The average Bonchev–Trinajstić information content (AvgIpc) is 3.10. The van der Waals surface area contributed by atoms with E-state index in [1.165, 1.54) is 32.1 Å². The second kappa shape index (κ2) is 8.52. The molecule has 1 aromatic carbocycles. The Morgan fingerprint density at radius 1 is 0.943 bits per heavy atom. The highest BCUT2D eigenvalue weighted by Gasteiger charge is 2.51. The van der Waals surface area contributed by atoms with Crippen molar-refractivity contribution in [2.45, 2.75) is 116 Å². The fourth-order valence-corrected chi connectivity index (χ4v) is 7.58. The smallest absolute Gasteiger partial charge is 0.329 e. The molecule has 1 amide bonds. The van der Waals surface area contributed by atoms with E-state index in [0.717, 1.165) is 28.5 Å². The molecule has 0 aromatic heterocycles. The fourth-order valence-electron chi connectivity index (χ4n) is 7.58. The number of nitrogens with zero attached hydrogens (tertiary/aromatic N) is 1. The fraction of sp³-hybridized carbons (Fsp3) is 0.733. The Morgan fingerprint density at radius 3 is 1.94 bits per heavy atom. The van der Waals surface area contributed by atoms with E-state index in [0.29, 0.717) is 37.0 Å². The third-order valence-corrected chi connectivity index (χ3v) is 9.13. The molecule has 1 heterocycles. The van der Waals surface area contributed by atoms with Gasteiger partial charge >= 0.3 is 5.97 Å². The number of hydrogen-bond acceptors (Lipinski definition) is 4. The van der Waals surface area contributed by atoms with Crippen LogP contribution in [-0.4, -0.2) is 34.0 Å². The van der Waals surface area contributed by atoms with Crippen LogP contribution < -0.4 is 0 Å². The molecule has 0 spiro atoms. The normalized spacial score (nSPS) is 32.4. The molecular weight excluding hydrogens is 438 g/mol. The Labute approximate surface area is 210 Å². The molecular formula is C30H43NO4. The van der Waals surface area contributed by atoms with Crippen molar-refractivity contribution in [1.82, 2.24) is 4.90 Å². The lowest BCUT2D eigenvalue weighted by atomic mass is 9.55. The van der Waals surface area contributed by atoms with Crippen molar-refractivity contribution in [1.29, 1.82) is 0 Å². The quantitative estimate of drug-likeness (QED) is 0.548. The maximum Gasteiger partial charge on any atom is 0.329 e. The summed E-state index contributed by atoms with van der Waals surface area (Å²) in [6, 6.07) is 3.51. The van der Waals surface area contributed by atoms with Crippen molar-refractivity contribution in [2.75, 3.05) is 0 Å². The maximum atomic E-state index is 13.4. The van der Waals surface area contributed by atoms with Gasteiger partial charge in [0.05, 0.1) is 0 Å². The van der Waals surface area contributed by atoms with Gasteiger partial charge in [-0.05, 0) is 102 Å². The minimum absolute atomic E-state index is 0.0136. The number of phenolic OH excluding ortho intramolecular Hbond substituents is 1. The zero-order valence-electron chi connectivity index (χ0n) is 22.4. The minimum Gasteiger partial charge on any atom is -0.507 e. The molecule has 6 rings (SSSR count).